The molecule has 128 valence electrons. The van der Waals surface area contributed by atoms with Crippen LogP contribution in [0, 0.1) is 11.8 Å². The van der Waals surface area contributed by atoms with Crippen molar-refractivity contribution in [3.05, 3.63) is 42.0 Å². The molecule has 0 N–H and O–H groups in total. The largest absolute Gasteiger partial charge is 0.444 e. The van der Waals surface area contributed by atoms with Gasteiger partial charge in [0, 0.05) is 12.5 Å². The molecule has 1 spiro atoms. The Hall–Kier alpha value is -1.77. The molecule has 1 aliphatic heterocycles. The Morgan fingerprint density at radius 2 is 2.00 bits per heavy atom. The van der Waals surface area contributed by atoms with Crippen LogP contribution < -0.4 is 0 Å². The minimum absolute atomic E-state index is 0.00224. The number of likely N-dealkylation sites (tertiary alicyclic amines) is 1. The Morgan fingerprint density at radius 3 is 2.71 bits per heavy atom. The van der Waals surface area contributed by atoms with E-state index in [-0.39, 0.29) is 11.6 Å². The zero-order chi connectivity index (χ0) is 16.9. The predicted molar refractivity (Wildman–Crippen MR) is 95.5 cm³/mol. The molecule has 0 radical (unpaired) electrons. The second-order valence-corrected chi connectivity index (χ2v) is 8.46. The highest BCUT2D eigenvalue weighted by atomic mass is 16.6. The Labute approximate surface area is 144 Å². The predicted octanol–water partition coefficient (Wildman–Crippen LogP) is 4.88. The van der Waals surface area contributed by atoms with Gasteiger partial charge >= 0.3 is 6.09 Å². The quantitative estimate of drug-likeness (QED) is 0.736. The molecule has 1 aromatic rings. The molecule has 2 aliphatic carbocycles. The van der Waals surface area contributed by atoms with Crippen molar-refractivity contribution in [1.29, 1.82) is 0 Å². The summed E-state index contributed by atoms with van der Waals surface area (Å²) in [4.78, 5) is 14.9. The van der Waals surface area contributed by atoms with Crippen LogP contribution in [0.3, 0.4) is 0 Å². The highest BCUT2D eigenvalue weighted by Crippen LogP contribution is 2.62. The van der Waals surface area contributed by atoms with Crippen molar-refractivity contribution in [3.63, 3.8) is 0 Å². The topological polar surface area (TPSA) is 29.5 Å². The first-order chi connectivity index (χ1) is 11.4. The van der Waals surface area contributed by atoms with Gasteiger partial charge in [-0.25, -0.2) is 4.79 Å². The molecule has 1 amide bonds. The fraction of sp³-hybridized carbons (Fsp3) is 0.571. The summed E-state index contributed by atoms with van der Waals surface area (Å²) in [6, 6.07) is 10.7. The van der Waals surface area contributed by atoms with Crippen LogP contribution in [0.1, 0.15) is 52.0 Å². The third-order valence-corrected chi connectivity index (χ3v) is 6.04. The molecule has 3 heteroatoms. The first-order valence-corrected chi connectivity index (χ1v) is 9.18. The average Bonchev–Trinajstić information content (AvgIpc) is 2.76. The lowest BCUT2D eigenvalue weighted by Crippen LogP contribution is -2.64. The Balaban J connectivity index is 1.64. The number of hydrogen-bond acceptors (Lipinski definition) is 2. The van der Waals surface area contributed by atoms with Crippen molar-refractivity contribution < 1.29 is 9.53 Å². The summed E-state index contributed by atoms with van der Waals surface area (Å²) < 4.78 is 5.73. The third kappa shape index (κ3) is 2.28. The van der Waals surface area contributed by atoms with E-state index in [1.165, 1.54) is 17.6 Å². The van der Waals surface area contributed by atoms with Crippen LogP contribution in [0.25, 0.3) is 5.57 Å². The van der Waals surface area contributed by atoms with Gasteiger partial charge in [-0.1, -0.05) is 36.4 Å². The number of carbonyl (C=O) groups excluding carboxylic acids is 1. The normalized spacial score (nSPS) is 31.6. The number of amides is 1. The first kappa shape index (κ1) is 15.7. The SMILES string of the molecule is CC(C)(C)OC(=O)N1CC[C@H]2C[C@@H]3C(c4ccccc4)=CCC[C@]231. The zero-order valence-electron chi connectivity index (χ0n) is 14.9. The van der Waals surface area contributed by atoms with Crippen LogP contribution in [0.4, 0.5) is 4.79 Å². The monoisotopic (exact) mass is 325 g/mol. The van der Waals surface area contributed by atoms with Gasteiger partial charge in [0.2, 0.25) is 0 Å². The van der Waals surface area contributed by atoms with Gasteiger partial charge in [-0.15, -0.1) is 0 Å². The lowest BCUT2D eigenvalue weighted by Gasteiger charge is -2.59. The molecule has 1 heterocycles. The molecular formula is C21H27NO2. The Kier molecular flexibility index (Phi) is 3.52. The summed E-state index contributed by atoms with van der Waals surface area (Å²) in [6.45, 7) is 6.69. The fourth-order valence-corrected chi connectivity index (χ4v) is 5.12. The molecule has 2 fully saturated rings. The summed E-state index contributed by atoms with van der Waals surface area (Å²) in [7, 11) is 0. The van der Waals surface area contributed by atoms with E-state index in [1.807, 2.05) is 20.8 Å². The summed E-state index contributed by atoms with van der Waals surface area (Å²) in [5, 5.41) is 0. The number of hydrogen-bond donors (Lipinski definition) is 0. The number of rotatable bonds is 1. The molecule has 1 saturated carbocycles. The molecule has 3 atom stereocenters. The van der Waals surface area contributed by atoms with Crippen LogP contribution >= 0.6 is 0 Å². The first-order valence-electron chi connectivity index (χ1n) is 9.18. The van der Waals surface area contributed by atoms with E-state index in [1.54, 1.807) is 0 Å². The standard InChI is InChI=1S/C21H27NO2/c1-20(2,3)24-19(23)22-13-11-16-14-18-17(10-7-12-21(16,18)22)15-8-5-4-6-9-15/h4-6,8-10,16,18H,7,11-14H2,1-3H3/t16-,18+,21-/m0/s1. The summed E-state index contributed by atoms with van der Waals surface area (Å²) in [6.07, 6.45) is 6.74. The second-order valence-electron chi connectivity index (χ2n) is 8.46. The molecule has 24 heavy (non-hydrogen) atoms. The van der Waals surface area contributed by atoms with Crippen molar-refractivity contribution in [2.24, 2.45) is 11.8 Å². The van der Waals surface area contributed by atoms with Gasteiger partial charge in [0.1, 0.15) is 5.60 Å². The zero-order valence-corrected chi connectivity index (χ0v) is 14.9. The van der Waals surface area contributed by atoms with Gasteiger partial charge in [-0.05, 0) is 63.5 Å². The van der Waals surface area contributed by atoms with E-state index in [9.17, 15) is 4.79 Å². The van der Waals surface area contributed by atoms with E-state index in [0.717, 1.165) is 25.8 Å². The molecule has 1 aromatic carbocycles. The summed E-state index contributed by atoms with van der Waals surface area (Å²) in [5.74, 6) is 1.11. The molecule has 0 bridgehead atoms. The third-order valence-electron chi connectivity index (χ3n) is 6.04. The van der Waals surface area contributed by atoms with Gasteiger partial charge in [-0.2, -0.15) is 0 Å². The van der Waals surface area contributed by atoms with Crippen molar-refractivity contribution in [3.8, 4) is 0 Å². The van der Waals surface area contributed by atoms with Gasteiger partial charge < -0.3 is 9.64 Å². The van der Waals surface area contributed by atoms with Gasteiger partial charge in [-0.3, -0.25) is 0 Å². The number of ether oxygens (including phenoxy) is 1. The maximum atomic E-state index is 12.8. The van der Waals surface area contributed by atoms with Crippen LogP contribution in [-0.4, -0.2) is 28.7 Å². The number of allylic oxidation sites excluding steroid dienone is 1. The Morgan fingerprint density at radius 1 is 1.25 bits per heavy atom. The van der Waals surface area contributed by atoms with Crippen LogP contribution in [0.5, 0.6) is 0 Å². The summed E-state index contributed by atoms with van der Waals surface area (Å²) >= 11 is 0. The average molecular weight is 325 g/mol. The molecular weight excluding hydrogens is 298 g/mol. The lowest BCUT2D eigenvalue weighted by atomic mass is 9.52. The van der Waals surface area contributed by atoms with Crippen LogP contribution in [0.15, 0.2) is 36.4 Å². The smallest absolute Gasteiger partial charge is 0.410 e. The van der Waals surface area contributed by atoms with Gasteiger partial charge in [0.15, 0.2) is 0 Å². The molecule has 4 rings (SSSR count). The lowest BCUT2D eigenvalue weighted by molar-refractivity contribution is -0.0491. The van der Waals surface area contributed by atoms with Crippen molar-refractivity contribution in [2.45, 2.75) is 57.6 Å². The van der Waals surface area contributed by atoms with E-state index in [2.05, 4.69) is 41.3 Å². The minimum atomic E-state index is -0.433. The second kappa shape index (κ2) is 5.37. The van der Waals surface area contributed by atoms with Crippen molar-refractivity contribution in [2.75, 3.05) is 6.54 Å². The maximum absolute atomic E-state index is 12.8. The molecule has 3 nitrogen and oxygen atoms in total. The van der Waals surface area contributed by atoms with Crippen LogP contribution in [0.2, 0.25) is 0 Å². The van der Waals surface area contributed by atoms with Gasteiger partial charge in [0.05, 0.1) is 5.54 Å². The number of carbonyl (C=O) groups is 1. The van der Waals surface area contributed by atoms with Crippen LogP contribution in [-0.2, 0) is 4.74 Å². The van der Waals surface area contributed by atoms with E-state index in [4.69, 9.17) is 4.74 Å². The molecule has 0 unspecified atom stereocenters. The highest BCUT2D eigenvalue weighted by Gasteiger charge is 2.64. The maximum Gasteiger partial charge on any atom is 0.410 e. The van der Waals surface area contributed by atoms with E-state index >= 15 is 0 Å². The van der Waals surface area contributed by atoms with E-state index < -0.39 is 5.60 Å². The van der Waals surface area contributed by atoms with Crippen molar-refractivity contribution in [1.82, 2.24) is 4.90 Å². The molecule has 3 aliphatic rings. The van der Waals surface area contributed by atoms with Gasteiger partial charge in [0.25, 0.3) is 0 Å². The number of nitrogens with zero attached hydrogens (tertiary/aromatic N) is 1. The molecule has 1 saturated heterocycles. The highest BCUT2D eigenvalue weighted by molar-refractivity contribution is 5.76. The Bertz CT molecular complexity index is 673. The molecule has 0 aromatic heterocycles. The van der Waals surface area contributed by atoms with Crippen molar-refractivity contribution >= 4 is 11.7 Å². The number of benzene rings is 1. The van der Waals surface area contributed by atoms with E-state index in [0.29, 0.717) is 11.8 Å². The fourth-order valence-electron chi connectivity index (χ4n) is 5.12. The minimum Gasteiger partial charge on any atom is -0.444 e. The summed E-state index contributed by atoms with van der Waals surface area (Å²) in [5.41, 5.74) is 2.32.